The lowest BCUT2D eigenvalue weighted by molar-refractivity contribution is 0.109. The van der Waals surface area contributed by atoms with E-state index in [0.717, 1.165) is 25.8 Å². The molecule has 0 saturated carbocycles. The molecular weight excluding hydrogens is 296 g/mol. The Morgan fingerprint density at radius 2 is 1.73 bits per heavy atom. The van der Waals surface area contributed by atoms with Gasteiger partial charge in [0, 0.05) is 46.1 Å². The molecule has 0 radical (unpaired) electrons. The minimum absolute atomic E-state index is 0.173. The molecule has 0 spiro atoms. The fourth-order valence-electron chi connectivity index (χ4n) is 2.55. The minimum Gasteiger partial charge on any atom is -0.377 e. The third-order valence-corrected chi connectivity index (χ3v) is 7.06. The molecule has 1 rings (SSSR count). The van der Waals surface area contributed by atoms with E-state index < -0.39 is 8.80 Å². The number of nitrogens with two attached hydrogens (primary N) is 1. The molecule has 1 unspecified atom stereocenters. The molecule has 0 saturated heterocycles. The molecule has 5 nitrogen and oxygen atoms in total. The summed E-state index contributed by atoms with van der Waals surface area (Å²) in [7, 11) is 2.28. The predicted octanol–water partition coefficient (Wildman–Crippen LogP) is 2.29. The van der Waals surface area contributed by atoms with Gasteiger partial charge in [-0.3, -0.25) is 4.99 Å². The van der Waals surface area contributed by atoms with Gasteiger partial charge in [-0.05, 0) is 24.9 Å². The van der Waals surface area contributed by atoms with Crippen molar-refractivity contribution in [1.82, 2.24) is 0 Å². The first-order chi connectivity index (χ1) is 10.7. The molecule has 0 bridgehead atoms. The Bertz CT molecular complexity index is 416. The van der Waals surface area contributed by atoms with Gasteiger partial charge in [-0.2, -0.15) is 0 Å². The lowest BCUT2D eigenvalue weighted by Gasteiger charge is -2.32. The molecule has 0 aromatic heterocycles. The maximum atomic E-state index is 5.71. The Morgan fingerprint density at radius 3 is 2.27 bits per heavy atom. The van der Waals surface area contributed by atoms with Gasteiger partial charge in [0.2, 0.25) is 0 Å². The van der Waals surface area contributed by atoms with Crippen LogP contribution in [0.25, 0.3) is 0 Å². The molecule has 0 aliphatic rings. The number of hydrogen-bond donors (Lipinski definition) is 1. The number of hydrogen-bond acceptors (Lipinski definition) is 5. The van der Waals surface area contributed by atoms with Gasteiger partial charge in [-0.15, -0.1) is 0 Å². The van der Waals surface area contributed by atoms with Crippen molar-refractivity contribution >= 4 is 15.0 Å². The molecule has 2 N–H and O–H groups in total. The molecule has 0 aliphatic carbocycles. The Labute approximate surface area is 134 Å². The third kappa shape index (κ3) is 5.62. The summed E-state index contributed by atoms with van der Waals surface area (Å²) in [5.41, 5.74) is 7.15. The summed E-state index contributed by atoms with van der Waals surface area (Å²) in [5.74, 6) is 0. The van der Waals surface area contributed by atoms with Crippen LogP contribution in [0.4, 0.5) is 0 Å². The molecular formula is C16H28N2O3Si. The quantitative estimate of drug-likeness (QED) is 0.501. The molecule has 0 amide bonds. The number of benzene rings is 1. The summed E-state index contributed by atoms with van der Waals surface area (Å²) in [6.45, 7) is 1.31. The van der Waals surface area contributed by atoms with E-state index in [1.807, 2.05) is 24.4 Å². The fraction of sp³-hybridized carbons (Fsp3) is 0.562. The second-order valence-electron chi connectivity index (χ2n) is 5.06. The monoisotopic (exact) mass is 324 g/mol. The molecule has 0 heterocycles. The Morgan fingerprint density at radius 1 is 1.09 bits per heavy atom. The zero-order chi connectivity index (χ0) is 16.3. The lowest BCUT2D eigenvalue weighted by Crippen LogP contribution is -2.48. The van der Waals surface area contributed by atoms with E-state index >= 15 is 0 Å². The van der Waals surface area contributed by atoms with Gasteiger partial charge in [0.25, 0.3) is 0 Å². The van der Waals surface area contributed by atoms with Crippen molar-refractivity contribution in [3.05, 3.63) is 35.9 Å². The van der Waals surface area contributed by atoms with Crippen LogP contribution in [0, 0.1) is 0 Å². The van der Waals surface area contributed by atoms with E-state index in [2.05, 4.69) is 17.1 Å². The summed E-state index contributed by atoms with van der Waals surface area (Å²) in [6.07, 6.45) is 4.48. The van der Waals surface area contributed by atoms with E-state index in [4.69, 9.17) is 19.0 Å². The van der Waals surface area contributed by atoms with Crippen LogP contribution in [0.15, 0.2) is 35.3 Å². The smallest absolute Gasteiger partial charge is 0.377 e. The van der Waals surface area contributed by atoms with Crippen LogP contribution in [0.3, 0.4) is 0 Å². The van der Waals surface area contributed by atoms with Gasteiger partial charge in [0.1, 0.15) is 0 Å². The highest BCUT2D eigenvalue weighted by Crippen LogP contribution is 2.30. The Balaban J connectivity index is 2.50. The molecule has 22 heavy (non-hydrogen) atoms. The largest absolute Gasteiger partial charge is 0.503 e. The summed E-state index contributed by atoms with van der Waals surface area (Å²) in [4.78, 5) is 4.49. The molecule has 1 aromatic rings. The van der Waals surface area contributed by atoms with Crippen molar-refractivity contribution in [2.24, 2.45) is 10.7 Å². The van der Waals surface area contributed by atoms with E-state index in [9.17, 15) is 0 Å². The first-order valence-electron chi connectivity index (χ1n) is 7.60. The third-order valence-electron chi connectivity index (χ3n) is 3.77. The van der Waals surface area contributed by atoms with Crippen molar-refractivity contribution < 1.29 is 13.3 Å². The van der Waals surface area contributed by atoms with Crippen LogP contribution in [-0.2, 0) is 19.7 Å². The highest BCUT2D eigenvalue weighted by Gasteiger charge is 2.46. The zero-order valence-electron chi connectivity index (χ0n) is 13.8. The topological polar surface area (TPSA) is 66.1 Å². The van der Waals surface area contributed by atoms with Crippen molar-refractivity contribution in [3.63, 3.8) is 0 Å². The van der Waals surface area contributed by atoms with Crippen molar-refractivity contribution in [3.8, 4) is 0 Å². The molecule has 6 heteroatoms. The molecule has 0 fully saturated rings. The SMILES string of the molecule is CO[Si](OC)(OC)C(CCN)CCN=CCc1ccccc1. The molecule has 124 valence electrons. The van der Waals surface area contributed by atoms with Gasteiger partial charge in [0.05, 0.1) is 0 Å². The van der Waals surface area contributed by atoms with Gasteiger partial charge in [-0.25, -0.2) is 0 Å². The van der Waals surface area contributed by atoms with Crippen LogP contribution in [0.1, 0.15) is 18.4 Å². The van der Waals surface area contributed by atoms with Crippen molar-refractivity contribution in [1.29, 1.82) is 0 Å². The predicted molar refractivity (Wildman–Crippen MR) is 92.3 cm³/mol. The standard InChI is InChI=1S/C16H28N2O3Si/c1-19-22(20-2,21-3)16(9-12-17)11-14-18-13-10-15-7-5-4-6-8-15/h4-8,13,16H,9-12,14,17H2,1-3H3. The Kier molecular flexibility index (Phi) is 9.18. The zero-order valence-corrected chi connectivity index (χ0v) is 14.8. The molecule has 1 atom stereocenters. The number of nitrogens with zero attached hydrogens (tertiary/aromatic N) is 1. The molecule has 1 aromatic carbocycles. The van der Waals surface area contributed by atoms with E-state index in [-0.39, 0.29) is 5.54 Å². The Hall–Kier alpha value is -1.05. The van der Waals surface area contributed by atoms with E-state index in [1.54, 1.807) is 21.3 Å². The van der Waals surface area contributed by atoms with E-state index in [1.165, 1.54) is 5.56 Å². The number of rotatable bonds is 11. The van der Waals surface area contributed by atoms with Gasteiger partial charge < -0.3 is 19.0 Å². The normalized spacial score (nSPS) is 13.6. The van der Waals surface area contributed by atoms with Gasteiger partial charge in [-0.1, -0.05) is 30.3 Å². The maximum Gasteiger partial charge on any atom is 0.503 e. The summed E-state index contributed by atoms with van der Waals surface area (Å²) in [6, 6.07) is 10.3. The highest BCUT2D eigenvalue weighted by molar-refractivity contribution is 6.62. The average Bonchev–Trinajstić information content (AvgIpc) is 2.57. The fourth-order valence-corrected chi connectivity index (χ4v) is 5.06. The van der Waals surface area contributed by atoms with Crippen LogP contribution < -0.4 is 5.73 Å². The van der Waals surface area contributed by atoms with Crippen LogP contribution in [0.2, 0.25) is 5.54 Å². The van der Waals surface area contributed by atoms with Crippen LogP contribution >= 0.6 is 0 Å². The summed E-state index contributed by atoms with van der Waals surface area (Å²) >= 11 is 0. The van der Waals surface area contributed by atoms with Gasteiger partial charge in [0.15, 0.2) is 0 Å². The second kappa shape index (κ2) is 10.6. The van der Waals surface area contributed by atoms with Crippen LogP contribution in [0.5, 0.6) is 0 Å². The first kappa shape index (κ1) is 19.0. The minimum atomic E-state index is -2.65. The summed E-state index contributed by atoms with van der Waals surface area (Å²) < 4.78 is 16.7. The summed E-state index contributed by atoms with van der Waals surface area (Å²) in [5, 5.41) is 0. The first-order valence-corrected chi connectivity index (χ1v) is 9.40. The highest BCUT2D eigenvalue weighted by atomic mass is 28.4. The van der Waals surface area contributed by atoms with Gasteiger partial charge >= 0.3 is 8.80 Å². The lowest BCUT2D eigenvalue weighted by atomic mass is 10.2. The van der Waals surface area contributed by atoms with E-state index in [0.29, 0.717) is 6.54 Å². The molecule has 0 aliphatic heterocycles. The number of aliphatic imine (C=N–C) groups is 1. The second-order valence-corrected chi connectivity index (χ2v) is 8.31. The van der Waals surface area contributed by atoms with Crippen molar-refractivity contribution in [2.45, 2.75) is 24.8 Å². The van der Waals surface area contributed by atoms with Crippen LogP contribution in [-0.4, -0.2) is 49.4 Å². The van der Waals surface area contributed by atoms with Crippen molar-refractivity contribution in [2.75, 3.05) is 34.4 Å². The average molecular weight is 324 g/mol. The maximum absolute atomic E-state index is 5.71.